The van der Waals surface area contributed by atoms with Crippen LogP contribution in [0.25, 0.3) is 55.6 Å². The summed E-state index contributed by atoms with van der Waals surface area (Å²) in [4.78, 5) is 9.40. The molecule has 3 heterocycles. The van der Waals surface area contributed by atoms with Gasteiger partial charge in [0.2, 0.25) is 0 Å². The Morgan fingerprint density at radius 2 is 1.47 bits per heavy atom. The number of benzene rings is 4. The van der Waals surface area contributed by atoms with E-state index in [2.05, 4.69) is 151 Å². The standard InChI is InChI=1S/C29H26NO.C17H22NSi.Ir/c1-19-18-30-26(15-22(19)17-29(2,3)4)25-12-8-11-24-23-14-13-21(16-27(23)31-28(24)25)20-9-6-5-7-10-20;1-13(2)15-11-16(14-9-7-6-8-10-14)18-12-17(15)19(3,4)5;/h5-11,13-16,18H,17H2,1-4H3;6-9,11-13H,1-5H3;/q2*-1;. The molecule has 0 saturated heterocycles. The van der Waals surface area contributed by atoms with Crippen molar-refractivity contribution in [2.24, 2.45) is 5.41 Å². The Morgan fingerprint density at radius 1 is 0.745 bits per heavy atom. The number of furan rings is 1. The Kier molecular flexibility index (Phi) is 11.7. The molecule has 51 heavy (non-hydrogen) atoms. The molecule has 0 spiro atoms. The smallest absolute Gasteiger partial charge is 0.121 e. The fourth-order valence-corrected chi connectivity index (χ4v) is 8.16. The summed E-state index contributed by atoms with van der Waals surface area (Å²) in [5.41, 5.74) is 12.2. The largest absolute Gasteiger partial charge is 0.501 e. The molecule has 7 aromatic rings. The minimum Gasteiger partial charge on any atom is -0.501 e. The molecule has 3 nitrogen and oxygen atoms in total. The van der Waals surface area contributed by atoms with Crippen molar-refractivity contribution in [2.45, 2.75) is 73.5 Å². The summed E-state index contributed by atoms with van der Waals surface area (Å²) in [6.07, 6.45) is 5.07. The van der Waals surface area contributed by atoms with Gasteiger partial charge in [0.25, 0.3) is 0 Å². The second kappa shape index (κ2) is 15.6. The van der Waals surface area contributed by atoms with Gasteiger partial charge in [0.05, 0.1) is 13.7 Å². The Hall–Kier alpha value is -4.15. The van der Waals surface area contributed by atoms with Gasteiger partial charge in [-0.25, -0.2) is 0 Å². The second-order valence-corrected chi connectivity index (χ2v) is 20.9. The van der Waals surface area contributed by atoms with Crippen molar-refractivity contribution < 1.29 is 24.5 Å². The van der Waals surface area contributed by atoms with Gasteiger partial charge in [-0.05, 0) is 64.0 Å². The van der Waals surface area contributed by atoms with Gasteiger partial charge in [0.1, 0.15) is 5.58 Å². The number of pyridine rings is 2. The number of fused-ring (bicyclic) bond motifs is 3. The van der Waals surface area contributed by atoms with Gasteiger partial charge >= 0.3 is 0 Å². The maximum Gasteiger partial charge on any atom is 0.121 e. The van der Waals surface area contributed by atoms with E-state index in [4.69, 9.17) is 9.40 Å². The molecule has 0 fully saturated rings. The molecule has 0 aliphatic carbocycles. The van der Waals surface area contributed by atoms with Crippen LogP contribution in [-0.4, -0.2) is 18.0 Å². The summed E-state index contributed by atoms with van der Waals surface area (Å²) >= 11 is 0. The molecule has 7 rings (SSSR count). The Bertz CT molecular complexity index is 2240. The first kappa shape index (κ1) is 38.1. The molecule has 4 aromatic carbocycles. The molecular formula is C46H48IrN2OSi-2. The number of hydrogen-bond acceptors (Lipinski definition) is 3. The maximum atomic E-state index is 6.40. The maximum absolute atomic E-state index is 6.40. The van der Waals surface area contributed by atoms with Crippen molar-refractivity contribution in [2.75, 3.05) is 0 Å². The van der Waals surface area contributed by atoms with Crippen LogP contribution in [0.2, 0.25) is 19.6 Å². The molecule has 0 atom stereocenters. The van der Waals surface area contributed by atoms with Gasteiger partial charge in [-0.1, -0.05) is 131 Å². The van der Waals surface area contributed by atoms with Gasteiger partial charge in [-0.15, -0.1) is 54.1 Å². The van der Waals surface area contributed by atoms with Crippen molar-refractivity contribution in [1.82, 2.24) is 9.97 Å². The molecule has 0 saturated carbocycles. The van der Waals surface area contributed by atoms with Gasteiger partial charge in [-0.2, -0.15) is 0 Å². The number of aryl methyl sites for hydroxylation is 1. The van der Waals surface area contributed by atoms with E-state index in [1.165, 1.54) is 27.4 Å². The van der Waals surface area contributed by atoms with Gasteiger partial charge in [-0.3, -0.25) is 0 Å². The third-order valence-corrected chi connectivity index (χ3v) is 11.1. The Balaban J connectivity index is 0.000000218. The Morgan fingerprint density at radius 3 is 2.14 bits per heavy atom. The fraction of sp³-hybridized carbons (Fsp3) is 0.261. The number of rotatable bonds is 6. The number of nitrogens with zero attached hydrogens (tertiary/aromatic N) is 2. The Labute approximate surface area is 319 Å². The fourth-order valence-electron chi connectivity index (χ4n) is 6.48. The van der Waals surface area contributed by atoms with Gasteiger partial charge < -0.3 is 14.4 Å². The molecule has 3 aromatic heterocycles. The SMILES string of the molecule is CC(C)c1cc(-c2[c-]cccc2)ncc1[Si](C)(C)C.Cc1cnc(-c2[c-]ccc3c2oc2cc(-c4ccccc4)ccc23)cc1CC(C)(C)C.[Ir]. The van der Waals surface area contributed by atoms with Gasteiger partial charge in [0.15, 0.2) is 0 Å². The molecule has 0 aliphatic heterocycles. The third-order valence-electron chi connectivity index (χ3n) is 9.08. The number of hydrogen-bond donors (Lipinski definition) is 0. The average Bonchev–Trinajstić information content (AvgIpc) is 3.47. The van der Waals surface area contributed by atoms with Crippen LogP contribution >= 0.6 is 0 Å². The van der Waals surface area contributed by atoms with E-state index in [1.807, 2.05) is 36.5 Å². The predicted octanol–water partition coefficient (Wildman–Crippen LogP) is 12.2. The summed E-state index contributed by atoms with van der Waals surface area (Å²) in [6, 6.07) is 40.0. The molecule has 1 radical (unpaired) electrons. The summed E-state index contributed by atoms with van der Waals surface area (Å²) in [7, 11) is -1.34. The van der Waals surface area contributed by atoms with E-state index in [9.17, 15) is 0 Å². The average molecular weight is 865 g/mol. The van der Waals surface area contributed by atoms with E-state index in [-0.39, 0.29) is 25.5 Å². The molecule has 263 valence electrons. The van der Waals surface area contributed by atoms with Crippen LogP contribution in [0.5, 0.6) is 0 Å². The first-order chi connectivity index (χ1) is 23.8. The summed E-state index contributed by atoms with van der Waals surface area (Å²) in [5, 5.41) is 3.69. The zero-order chi connectivity index (χ0) is 35.6. The van der Waals surface area contributed by atoms with Crippen LogP contribution in [0, 0.1) is 24.5 Å². The van der Waals surface area contributed by atoms with Crippen LogP contribution in [0.15, 0.2) is 114 Å². The summed E-state index contributed by atoms with van der Waals surface area (Å²) in [6.45, 7) is 20.6. The normalized spacial score (nSPS) is 11.7. The van der Waals surface area contributed by atoms with Crippen LogP contribution in [0.3, 0.4) is 0 Å². The van der Waals surface area contributed by atoms with Crippen molar-refractivity contribution in [3.05, 3.63) is 138 Å². The van der Waals surface area contributed by atoms with Crippen molar-refractivity contribution >= 4 is 35.2 Å². The van der Waals surface area contributed by atoms with Crippen LogP contribution in [-0.2, 0) is 26.5 Å². The molecule has 0 bridgehead atoms. The minimum atomic E-state index is -1.34. The van der Waals surface area contributed by atoms with E-state index in [0.717, 1.165) is 56.4 Å². The molecule has 0 aliphatic rings. The summed E-state index contributed by atoms with van der Waals surface area (Å²) < 4.78 is 6.40. The van der Waals surface area contributed by atoms with E-state index < -0.39 is 8.07 Å². The van der Waals surface area contributed by atoms with E-state index in [1.54, 1.807) is 0 Å². The zero-order valence-electron chi connectivity index (χ0n) is 31.3. The number of aromatic nitrogens is 2. The first-order valence-corrected chi connectivity index (χ1v) is 21.1. The molecule has 0 amide bonds. The molecule has 0 unspecified atom stereocenters. The van der Waals surface area contributed by atoms with Crippen LogP contribution in [0.4, 0.5) is 0 Å². The predicted molar refractivity (Wildman–Crippen MR) is 215 cm³/mol. The molecular weight excluding hydrogens is 817 g/mol. The van der Waals surface area contributed by atoms with E-state index in [0.29, 0.717) is 5.92 Å². The van der Waals surface area contributed by atoms with E-state index >= 15 is 0 Å². The van der Waals surface area contributed by atoms with Gasteiger partial charge in [0, 0.05) is 37.9 Å². The first-order valence-electron chi connectivity index (χ1n) is 17.6. The zero-order valence-corrected chi connectivity index (χ0v) is 34.7. The molecule has 5 heteroatoms. The third kappa shape index (κ3) is 8.84. The molecule has 0 N–H and O–H groups in total. The second-order valence-electron chi connectivity index (χ2n) is 15.8. The van der Waals surface area contributed by atoms with Crippen molar-refractivity contribution in [1.29, 1.82) is 0 Å². The van der Waals surface area contributed by atoms with Crippen molar-refractivity contribution in [3.8, 4) is 33.6 Å². The quantitative estimate of drug-likeness (QED) is 0.123. The summed E-state index contributed by atoms with van der Waals surface area (Å²) in [5.74, 6) is 0.534. The van der Waals surface area contributed by atoms with Crippen LogP contribution < -0.4 is 5.19 Å². The van der Waals surface area contributed by atoms with Crippen LogP contribution in [0.1, 0.15) is 57.2 Å². The topological polar surface area (TPSA) is 38.9 Å². The monoisotopic (exact) mass is 865 g/mol. The minimum absolute atomic E-state index is 0. The van der Waals surface area contributed by atoms with Crippen molar-refractivity contribution in [3.63, 3.8) is 0 Å².